The van der Waals surface area contributed by atoms with Crippen LogP contribution in [0.15, 0.2) is 18.2 Å². The highest BCUT2D eigenvalue weighted by molar-refractivity contribution is 5.61. The smallest absolute Gasteiger partial charge is 0.274 e. The van der Waals surface area contributed by atoms with E-state index in [1.807, 2.05) is 13.0 Å². The molecular formula is C14H21N3O2. The van der Waals surface area contributed by atoms with Gasteiger partial charge in [-0.2, -0.15) is 0 Å². The van der Waals surface area contributed by atoms with Crippen molar-refractivity contribution in [1.82, 2.24) is 0 Å². The molecule has 5 nitrogen and oxygen atoms in total. The summed E-state index contributed by atoms with van der Waals surface area (Å²) in [5.74, 6) is 0.609. The summed E-state index contributed by atoms with van der Waals surface area (Å²) in [7, 11) is 0. The molecule has 1 unspecified atom stereocenters. The van der Waals surface area contributed by atoms with Crippen molar-refractivity contribution in [1.29, 1.82) is 0 Å². The molecule has 1 atom stereocenters. The van der Waals surface area contributed by atoms with Gasteiger partial charge < -0.3 is 10.6 Å². The zero-order valence-electron chi connectivity index (χ0n) is 11.3. The minimum absolute atomic E-state index is 0.207. The van der Waals surface area contributed by atoms with Gasteiger partial charge in [-0.1, -0.05) is 6.07 Å². The van der Waals surface area contributed by atoms with E-state index in [0.29, 0.717) is 12.5 Å². The van der Waals surface area contributed by atoms with Crippen molar-refractivity contribution in [3.8, 4) is 0 Å². The first kappa shape index (κ1) is 13.8. The van der Waals surface area contributed by atoms with E-state index in [0.717, 1.165) is 37.2 Å². The summed E-state index contributed by atoms with van der Waals surface area (Å²) in [4.78, 5) is 13.0. The summed E-state index contributed by atoms with van der Waals surface area (Å²) < 4.78 is 0. The second-order valence-corrected chi connectivity index (χ2v) is 5.21. The van der Waals surface area contributed by atoms with Crippen LogP contribution in [0.25, 0.3) is 0 Å². The number of hydrogen-bond donors (Lipinski definition) is 1. The molecule has 0 amide bonds. The average molecular weight is 263 g/mol. The van der Waals surface area contributed by atoms with Crippen LogP contribution < -0.4 is 10.6 Å². The molecule has 104 valence electrons. The minimum atomic E-state index is -0.305. The van der Waals surface area contributed by atoms with E-state index in [-0.39, 0.29) is 10.6 Å². The number of nitro benzene ring substituents is 1. The van der Waals surface area contributed by atoms with Gasteiger partial charge in [0.05, 0.1) is 10.5 Å². The Labute approximate surface area is 113 Å². The number of anilines is 1. The highest BCUT2D eigenvalue weighted by atomic mass is 16.6. The van der Waals surface area contributed by atoms with Gasteiger partial charge in [0.15, 0.2) is 0 Å². The topological polar surface area (TPSA) is 72.4 Å². The van der Waals surface area contributed by atoms with Crippen molar-refractivity contribution < 1.29 is 4.92 Å². The second-order valence-electron chi connectivity index (χ2n) is 5.21. The largest absolute Gasteiger partial charge is 0.371 e. The SMILES string of the molecule is Cc1c(N2CCCC(CCN)C2)cccc1[N+](=O)[O-]. The predicted octanol–water partition coefficient (Wildman–Crippen LogP) is 2.47. The highest BCUT2D eigenvalue weighted by Gasteiger charge is 2.23. The fourth-order valence-electron chi connectivity index (χ4n) is 2.91. The molecule has 1 fully saturated rings. The third-order valence-corrected chi connectivity index (χ3v) is 3.91. The number of nitro groups is 1. The normalized spacial score (nSPS) is 19.5. The van der Waals surface area contributed by atoms with Gasteiger partial charge in [0.25, 0.3) is 5.69 Å². The summed E-state index contributed by atoms with van der Waals surface area (Å²) in [6.45, 7) is 4.48. The average Bonchev–Trinajstić information content (AvgIpc) is 2.39. The molecule has 2 N–H and O–H groups in total. The van der Waals surface area contributed by atoms with E-state index in [9.17, 15) is 10.1 Å². The third kappa shape index (κ3) is 3.04. The highest BCUT2D eigenvalue weighted by Crippen LogP contribution is 2.31. The van der Waals surface area contributed by atoms with Gasteiger partial charge in [-0.3, -0.25) is 10.1 Å². The number of rotatable bonds is 4. The van der Waals surface area contributed by atoms with Crippen molar-refractivity contribution in [2.24, 2.45) is 11.7 Å². The fraction of sp³-hybridized carbons (Fsp3) is 0.571. The van der Waals surface area contributed by atoms with Crippen LogP contribution in [-0.4, -0.2) is 24.6 Å². The van der Waals surface area contributed by atoms with Crippen LogP contribution in [0.3, 0.4) is 0 Å². The van der Waals surface area contributed by atoms with Crippen molar-refractivity contribution in [3.63, 3.8) is 0 Å². The summed E-state index contributed by atoms with van der Waals surface area (Å²) in [5, 5.41) is 11.0. The van der Waals surface area contributed by atoms with Crippen LogP contribution in [0.1, 0.15) is 24.8 Å². The molecule has 2 rings (SSSR count). The molecule has 1 aliphatic rings. The maximum absolute atomic E-state index is 11.0. The molecule has 5 heteroatoms. The Morgan fingerprint density at radius 3 is 3.00 bits per heavy atom. The van der Waals surface area contributed by atoms with Gasteiger partial charge in [0, 0.05) is 24.8 Å². The second kappa shape index (κ2) is 6.02. The zero-order valence-corrected chi connectivity index (χ0v) is 11.3. The van der Waals surface area contributed by atoms with E-state index in [1.165, 1.54) is 6.42 Å². The number of piperidine rings is 1. The molecule has 1 aromatic carbocycles. The van der Waals surface area contributed by atoms with Crippen LogP contribution >= 0.6 is 0 Å². The fourth-order valence-corrected chi connectivity index (χ4v) is 2.91. The van der Waals surface area contributed by atoms with Crippen LogP contribution in [0.5, 0.6) is 0 Å². The summed E-state index contributed by atoms with van der Waals surface area (Å²) >= 11 is 0. The van der Waals surface area contributed by atoms with Crippen molar-refractivity contribution in [3.05, 3.63) is 33.9 Å². The number of nitrogens with zero attached hydrogens (tertiary/aromatic N) is 2. The Morgan fingerprint density at radius 2 is 2.32 bits per heavy atom. The molecule has 1 saturated heterocycles. The first-order valence-electron chi connectivity index (χ1n) is 6.82. The van der Waals surface area contributed by atoms with Gasteiger partial charge >= 0.3 is 0 Å². The molecule has 0 saturated carbocycles. The lowest BCUT2D eigenvalue weighted by atomic mass is 9.94. The van der Waals surface area contributed by atoms with Crippen LogP contribution in [0.2, 0.25) is 0 Å². The van der Waals surface area contributed by atoms with E-state index in [2.05, 4.69) is 4.90 Å². The lowest BCUT2D eigenvalue weighted by Crippen LogP contribution is -2.36. The molecule has 0 bridgehead atoms. The number of nitrogens with two attached hydrogens (primary N) is 1. The molecule has 0 aliphatic carbocycles. The Hall–Kier alpha value is -1.62. The van der Waals surface area contributed by atoms with Crippen LogP contribution in [0.4, 0.5) is 11.4 Å². The molecule has 0 spiro atoms. The molecule has 19 heavy (non-hydrogen) atoms. The maximum Gasteiger partial charge on any atom is 0.274 e. The molecular weight excluding hydrogens is 242 g/mol. The van der Waals surface area contributed by atoms with Crippen molar-refractivity contribution >= 4 is 11.4 Å². The van der Waals surface area contributed by atoms with Gasteiger partial charge in [-0.05, 0) is 44.7 Å². The molecule has 1 heterocycles. The Morgan fingerprint density at radius 1 is 1.53 bits per heavy atom. The van der Waals surface area contributed by atoms with E-state index in [4.69, 9.17) is 5.73 Å². The van der Waals surface area contributed by atoms with Crippen molar-refractivity contribution in [2.75, 3.05) is 24.5 Å². The van der Waals surface area contributed by atoms with Crippen LogP contribution in [0, 0.1) is 23.0 Å². The third-order valence-electron chi connectivity index (χ3n) is 3.91. The summed E-state index contributed by atoms with van der Waals surface area (Å²) in [5.41, 5.74) is 7.60. The van der Waals surface area contributed by atoms with Crippen molar-refractivity contribution in [2.45, 2.75) is 26.2 Å². The molecule has 1 aromatic rings. The Kier molecular flexibility index (Phi) is 4.37. The van der Waals surface area contributed by atoms with E-state index >= 15 is 0 Å². The monoisotopic (exact) mass is 263 g/mol. The maximum atomic E-state index is 11.0. The minimum Gasteiger partial charge on any atom is -0.371 e. The Bertz CT molecular complexity index is 460. The number of benzene rings is 1. The summed E-state index contributed by atoms with van der Waals surface area (Å²) in [6.07, 6.45) is 3.37. The van der Waals surface area contributed by atoms with Gasteiger partial charge in [-0.25, -0.2) is 0 Å². The summed E-state index contributed by atoms with van der Waals surface area (Å²) in [6, 6.07) is 5.32. The molecule has 1 aliphatic heterocycles. The van der Waals surface area contributed by atoms with Gasteiger partial charge in [0.1, 0.15) is 0 Å². The van der Waals surface area contributed by atoms with E-state index < -0.39 is 0 Å². The molecule has 0 aromatic heterocycles. The number of hydrogen-bond acceptors (Lipinski definition) is 4. The quantitative estimate of drug-likeness (QED) is 0.669. The molecule has 0 radical (unpaired) electrons. The van der Waals surface area contributed by atoms with Gasteiger partial charge in [-0.15, -0.1) is 0 Å². The first-order chi connectivity index (χ1) is 9.13. The van der Waals surface area contributed by atoms with Crippen LogP contribution in [-0.2, 0) is 0 Å². The van der Waals surface area contributed by atoms with Gasteiger partial charge in [0.2, 0.25) is 0 Å². The standard InChI is InChI=1S/C14H21N3O2/c1-11-13(5-2-6-14(11)17(18)19)16-9-3-4-12(10-16)7-8-15/h2,5-6,12H,3-4,7-10,15H2,1H3. The first-order valence-corrected chi connectivity index (χ1v) is 6.82. The predicted molar refractivity (Wildman–Crippen MR) is 76.4 cm³/mol. The lowest BCUT2D eigenvalue weighted by Gasteiger charge is -2.35. The lowest BCUT2D eigenvalue weighted by molar-refractivity contribution is -0.385. The van der Waals surface area contributed by atoms with E-state index in [1.54, 1.807) is 12.1 Å². The Balaban J connectivity index is 2.21. The zero-order chi connectivity index (χ0) is 13.8.